The molecule has 6 rings (SSSR count). The Hall–Kier alpha value is -2.09. The number of fused-ring (bicyclic) bond motifs is 1. The third-order valence-corrected chi connectivity index (χ3v) is 11.6. The van der Waals surface area contributed by atoms with Crippen molar-refractivity contribution in [1.82, 2.24) is 24.5 Å². The zero-order valence-corrected chi connectivity index (χ0v) is 35.6. The molecule has 3 aliphatic rings. The number of thioether (sulfide) groups is 1. The smallest absolute Gasteiger partial charge is 0.363 e. The van der Waals surface area contributed by atoms with Gasteiger partial charge in [0.15, 0.2) is 10.8 Å². The number of nitrogens with zero attached hydrogens (tertiary/aromatic N) is 5. The van der Waals surface area contributed by atoms with Crippen LogP contribution in [0.4, 0.5) is 15.2 Å². The number of carbonyl (C=O) groups excluding carboxylic acids is 2. The van der Waals surface area contributed by atoms with E-state index in [1.54, 1.807) is 9.47 Å². The largest absolute Gasteiger partial charge is 0.477 e. The molecule has 2 saturated heterocycles. The predicted molar refractivity (Wildman–Crippen MR) is 198 cm³/mol. The topological polar surface area (TPSA) is 239 Å². The second kappa shape index (κ2) is 16.7. The molecule has 2 unspecified atom stereocenters. The first kappa shape index (κ1) is 42.6. The zero-order chi connectivity index (χ0) is 36.2. The van der Waals surface area contributed by atoms with E-state index in [0.717, 1.165) is 30.2 Å². The fraction of sp³-hybridized carbons (Fsp3) is 0.370. The molecule has 52 heavy (non-hydrogen) atoms. The van der Waals surface area contributed by atoms with Crippen LogP contribution in [0, 0.1) is 5.82 Å². The number of β-lactam (4-membered cyclic amide) rings is 1. The maximum absolute atomic E-state index is 15.6. The average Bonchev–Trinajstić information content (AvgIpc) is 3.64. The first-order valence-electron chi connectivity index (χ1n) is 14.6. The quantitative estimate of drug-likeness (QED) is 0.0474. The number of aromatic carboxylic acids is 1. The van der Waals surface area contributed by atoms with Crippen molar-refractivity contribution >= 4 is 166 Å². The molecular formula is C27H26ClFN8Na2O9S4. The Morgan fingerprint density at radius 2 is 1.94 bits per heavy atom. The number of thiazole rings is 1. The van der Waals surface area contributed by atoms with Gasteiger partial charge in [0.1, 0.15) is 39.9 Å². The van der Waals surface area contributed by atoms with Gasteiger partial charge in [0, 0.05) is 95.9 Å². The van der Waals surface area contributed by atoms with Crippen LogP contribution in [0.3, 0.4) is 0 Å². The van der Waals surface area contributed by atoms with Crippen LogP contribution in [-0.2, 0) is 24.7 Å². The van der Waals surface area contributed by atoms with E-state index in [9.17, 15) is 37.3 Å². The average molecular weight is 835 g/mol. The van der Waals surface area contributed by atoms with Gasteiger partial charge in [-0.25, -0.2) is 14.2 Å². The Bertz CT molecular complexity index is 2170. The summed E-state index contributed by atoms with van der Waals surface area (Å²) < 4.78 is 51.2. The molecule has 0 spiro atoms. The zero-order valence-electron chi connectivity index (χ0n) is 27.5. The molecule has 1 aliphatic carbocycles. The number of rotatable bonds is 10. The summed E-state index contributed by atoms with van der Waals surface area (Å²) in [5, 5.41) is 18.5. The summed E-state index contributed by atoms with van der Waals surface area (Å²) in [5.41, 5.74) is 4.25. The van der Waals surface area contributed by atoms with Gasteiger partial charge in [-0.3, -0.25) is 18.9 Å². The minimum atomic E-state index is -5.05. The first-order valence-corrected chi connectivity index (χ1v) is 18.5. The number of carbonyl (C=O) groups is 3. The first-order chi connectivity index (χ1) is 23.6. The van der Waals surface area contributed by atoms with Crippen molar-refractivity contribution in [3.8, 4) is 0 Å². The van der Waals surface area contributed by atoms with Gasteiger partial charge >= 0.3 is 16.3 Å². The fourth-order valence-corrected chi connectivity index (χ4v) is 9.31. The van der Waals surface area contributed by atoms with E-state index in [-0.39, 0.29) is 125 Å². The van der Waals surface area contributed by atoms with E-state index in [1.807, 2.05) is 0 Å². The van der Waals surface area contributed by atoms with Crippen molar-refractivity contribution in [3.05, 3.63) is 50.0 Å². The van der Waals surface area contributed by atoms with Crippen molar-refractivity contribution in [2.45, 2.75) is 42.8 Å². The number of thiocarbonyl (C=S) groups is 1. The number of benzene rings is 1. The summed E-state index contributed by atoms with van der Waals surface area (Å²) >= 11 is 13.9. The van der Waals surface area contributed by atoms with E-state index in [0.29, 0.717) is 18.2 Å². The number of amides is 2. The van der Waals surface area contributed by atoms with Gasteiger partial charge in [-0.05, 0) is 25.3 Å². The van der Waals surface area contributed by atoms with Crippen LogP contribution < -0.4 is 26.7 Å². The number of hydrogen-bond donors (Lipinski definition) is 5. The van der Waals surface area contributed by atoms with Crippen LogP contribution in [0.2, 0.25) is 5.02 Å². The molecule has 4 heterocycles. The third kappa shape index (κ3) is 8.42. The molecule has 2 aliphatic heterocycles. The minimum Gasteiger partial charge on any atom is -0.477 e. The van der Waals surface area contributed by atoms with Gasteiger partial charge in [-0.2, -0.15) is 12.7 Å². The van der Waals surface area contributed by atoms with Gasteiger partial charge < -0.3 is 35.8 Å². The number of nitrogen functional groups attached to an aromatic ring is 1. The normalized spacial score (nSPS) is 20.1. The summed E-state index contributed by atoms with van der Waals surface area (Å²) in [6.45, 7) is 0.442. The molecule has 25 heteroatoms. The van der Waals surface area contributed by atoms with Crippen LogP contribution in [0.5, 0.6) is 0 Å². The molecule has 3 aromatic rings. The van der Waals surface area contributed by atoms with E-state index in [2.05, 4.69) is 20.8 Å². The van der Waals surface area contributed by atoms with E-state index in [1.165, 1.54) is 18.7 Å². The molecule has 0 bridgehead atoms. The number of oxime groups is 1. The molecule has 268 valence electrons. The van der Waals surface area contributed by atoms with Crippen molar-refractivity contribution in [1.29, 1.82) is 0 Å². The number of aromatic nitrogens is 2. The molecular weight excluding hydrogens is 809 g/mol. The predicted octanol–water partition coefficient (Wildman–Crippen LogP) is 0.797. The molecule has 2 amide bonds. The maximum atomic E-state index is 15.6. The SMILES string of the molecule is CON=C(C(=O)N[C@H]1C(=O)N(S(=O)(=O)O)C1SC(=S)NC1CCN(c2c(F)cc3c(=O)c(C(=O)O)cn(C4CC4)c3c2Cl)C1)c1csc(N)n1.[Na].[Na]. The Kier molecular flexibility index (Phi) is 13.7. The maximum Gasteiger partial charge on any atom is 0.363 e. The molecule has 3 fully saturated rings. The summed E-state index contributed by atoms with van der Waals surface area (Å²) in [4.78, 5) is 60.8. The van der Waals surface area contributed by atoms with Gasteiger partial charge in [0.25, 0.3) is 11.8 Å². The summed E-state index contributed by atoms with van der Waals surface area (Å²) in [6, 6.07) is -0.999. The minimum absolute atomic E-state index is 0. The summed E-state index contributed by atoms with van der Waals surface area (Å²) in [6.07, 6.45) is 3.11. The van der Waals surface area contributed by atoms with Crippen molar-refractivity contribution < 1.29 is 41.7 Å². The van der Waals surface area contributed by atoms with Crippen molar-refractivity contribution in [3.63, 3.8) is 0 Å². The number of nitrogens with one attached hydrogen (secondary N) is 2. The number of pyridine rings is 1. The Morgan fingerprint density at radius 1 is 1.25 bits per heavy atom. The number of carboxylic acid groups (broad SMARTS) is 1. The van der Waals surface area contributed by atoms with Gasteiger partial charge in [0.05, 0.1) is 21.6 Å². The molecule has 6 N–H and O–H groups in total. The number of carboxylic acids is 1. The molecule has 1 aromatic carbocycles. The number of halogens is 2. The molecule has 2 radical (unpaired) electrons. The van der Waals surface area contributed by atoms with Gasteiger partial charge in [0.2, 0.25) is 5.43 Å². The standard InChI is InChI=1S/C27H26ClFN8O9S4.2Na/c1-46-34-17(15-9-48-26(30)32-15)22(39)33-18-23(40)37(50(43,44)45)24(18)49-27(47)31-10-4-5-35(7-10)20-14(29)6-12-19(16(20)28)36(11-2-3-11)8-13(21(12)38)25(41)42;;/h6,8-11,18,24H,2-5,7H2,1H3,(H2,30,32)(H,31,47)(H,33,39)(H,41,42)(H,43,44,45);;/t10?,18-,24?;;/m0../s1. The van der Waals surface area contributed by atoms with E-state index >= 15 is 4.39 Å². The van der Waals surface area contributed by atoms with E-state index < -0.39 is 62.4 Å². The fourth-order valence-electron chi connectivity index (χ4n) is 5.74. The second-order valence-electron chi connectivity index (χ2n) is 11.4. The number of nitrogens with two attached hydrogens (primary N) is 1. The Morgan fingerprint density at radius 3 is 2.52 bits per heavy atom. The van der Waals surface area contributed by atoms with Crippen LogP contribution in [0.25, 0.3) is 10.9 Å². The Balaban J connectivity index is 0.00000302. The number of hydrogen-bond acceptors (Lipinski definition) is 14. The van der Waals surface area contributed by atoms with Crippen molar-refractivity contribution in [2.24, 2.45) is 5.16 Å². The van der Waals surface area contributed by atoms with Crippen LogP contribution in [-0.4, -0.2) is 157 Å². The van der Waals surface area contributed by atoms with Crippen LogP contribution >= 0.6 is 46.9 Å². The summed E-state index contributed by atoms with van der Waals surface area (Å²) in [7, 11) is -3.88. The van der Waals surface area contributed by atoms with Gasteiger partial charge in [-0.1, -0.05) is 40.7 Å². The van der Waals surface area contributed by atoms with Crippen LogP contribution in [0.1, 0.15) is 41.4 Å². The second-order valence-corrected chi connectivity index (χ2v) is 15.7. The van der Waals surface area contributed by atoms with Crippen molar-refractivity contribution in [2.75, 3.05) is 30.8 Å². The molecule has 1 saturated carbocycles. The monoisotopic (exact) mass is 834 g/mol. The third-order valence-electron chi connectivity index (χ3n) is 8.11. The molecule has 17 nitrogen and oxygen atoms in total. The van der Waals surface area contributed by atoms with Crippen LogP contribution in [0.15, 0.2) is 27.6 Å². The number of anilines is 2. The Labute approximate surface area is 357 Å². The molecule has 3 atom stereocenters. The summed E-state index contributed by atoms with van der Waals surface area (Å²) in [5.74, 6) is -4.33. The van der Waals surface area contributed by atoms with E-state index in [4.69, 9.17) is 34.4 Å². The molecule has 2 aromatic heterocycles. The van der Waals surface area contributed by atoms with Gasteiger partial charge in [-0.15, -0.1) is 11.3 Å².